The summed E-state index contributed by atoms with van der Waals surface area (Å²) in [6.07, 6.45) is 5.18. The van der Waals surface area contributed by atoms with Crippen LogP contribution in [-0.2, 0) is 22.5 Å². The van der Waals surface area contributed by atoms with E-state index in [0.29, 0.717) is 6.54 Å². The molecule has 1 amide bonds. The molecule has 9 heteroatoms. The fourth-order valence-corrected chi connectivity index (χ4v) is 9.22. The van der Waals surface area contributed by atoms with Crippen LogP contribution >= 0.6 is 0 Å². The third kappa shape index (κ3) is 7.30. The van der Waals surface area contributed by atoms with Crippen LogP contribution in [0.1, 0.15) is 42.5 Å². The number of carbonyl (C=O) groups excluding carboxylic acids is 1. The van der Waals surface area contributed by atoms with E-state index in [4.69, 9.17) is 4.74 Å². The second-order valence-electron chi connectivity index (χ2n) is 12.1. The molecule has 43 heavy (non-hydrogen) atoms. The van der Waals surface area contributed by atoms with E-state index in [1.165, 1.54) is 5.56 Å². The largest absolute Gasteiger partial charge is 0.432 e. The Hall–Kier alpha value is -3.63. The number of benzene rings is 3. The summed E-state index contributed by atoms with van der Waals surface area (Å²) in [4.78, 5) is 24.7. The van der Waals surface area contributed by atoms with E-state index >= 15 is 0 Å². The molecule has 1 unspecified atom stereocenters. The Morgan fingerprint density at radius 1 is 0.953 bits per heavy atom. The van der Waals surface area contributed by atoms with Crippen molar-refractivity contribution < 1.29 is 19.4 Å². The van der Waals surface area contributed by atoms with Gasteiger partial charge in [-0.3, -0.25) is 14.4 Å². The number of amides is 1. The van der Waals surface area contributed by atoms with Gasteiger partial charge in [-0.15, -0.1) is 5.10 Å². The minimum Gasteiger partial charge on any atom is -0.432 e. The molecule has 8 nitrogen and oxygen atoms in total. The van der Waals surface area contributed by atoms with Gasteiger partial charge in [-0.05, 0) is 73.7 Å². The smallest absolute Gasteiger partial charge is 0.218 e. The predicted octanol–water partition coefficient (Wildman–Crippen LogP) is 5.69. The van der Waals surface area contributed by atoms with E-state index in [1.807, 2.05) is 96.8 Å². The average Bonchev–Trinajstić information content (AvgIpc) is 3.61. The Kier molecular flexibility index (Phi) is 9.87. The van der Waals surface area contributed by atoms with Gasteiger partial charge in [0.15, 0.2) is 8.32 Å². The monoisotopic (exact) mass is 598 g/mol. The summed E-state index contributed by atoms with van der Waals surface area (Å²) in [7, 11) is -2.50. The SMILES string of the molecule is C[C@@H]1[C@@H]([Si](C)(C)O)[C@H](CCn2cc(C(CO)c3ccccc3)nn2)O[C@@H]1CCc1ccc(N(C=O)c2ccccc2)cc1. The number of aryl methyl sites for hydroxylation is 2. The number of nitrogens with zero attached hydrogens (tertiary/aromatic N) is 4. The van der Waals surface area contributed by atoms with Crippen molar-refractivity contribution in [3.8, 4) is 0 Å². The molecule has 2 heterocycles. The number of anilines is 2. The van der Waals surface area contributed by atoms with Crippen molar-refractivity contribution in [2.75, 3.05) is 11.5 Å². The summed E-state index contributed by atoms with van der Waals surface area (Å²) >= 11 is 0. The zero-order valence-corrected chi connectivity index (χ0v) is 26.2. The maximum atomic E-state index is 11.8. The number of ether oxygens (including phenoxy) is 1. The number of hydrogen-bond acceptors (Lipinski definition) is 6. The lowest BCUT2D eigenvalue weighted by Gasteiger charge is -2.30. The fraction of sp³-hybridized carbons (Fsp3) is 0.382. The Balaban J connectivity index is 1.21. The molecule has 0 spiro atoms. The normalized spacial score (nSPS) is 21.0. The highest BCUT2D eigenvalue weighted by atomic mass is 28.4. The standard InChI is InChI=1S/C34H42N4O4Si/c1-25-32(19-16-26-14-17-29(18-15-26)38(24-40)28-12-8-5-9-13-28)42-33(34(25)43(2,3)41)20-21-37-22-31(35-36-37)30(23-39)27-10-6-4-7-11-27/h4-15,17-18,22,24-25,30,32-34,39,41H,16,19-21,23H2,1-3H3/t25-,30?,32+,33-,34+/m0/s1. The van der Waals surface area contributed by atoms with Crippen molar-refractivity contribution in [2.45, 2.75) is 69.5 Å². The van der Waals surface area contributed by atoms with Gasteiger partial charge in [0.25, 0.3) is 0 Å². The molecule has 1 aliphatic rings. The van der Waals surface area contributed by atoms with Gasteiger partial charge in [0, 0.05) is 29.7 Å². The molecule has 5 rings (SSSR count). The van der Waals surface area contributed by atoms with E-state index in [2.05, 4.69) is 29.4 Å². The summed E-state index contributed by atoms with van der Waals surface area (Å²) in [5, 5.41) is 18.7. The third-order valence-electron chi connectivity index (χ3n) is 8.73. The van der Waals surface area contributed by atoms with Crippen molar-refractivity contribution in [2.24, 2.45) is 5.92 Å². The van der Waals surface area contributed by atoms with Gasteiger partial charge in [0.2, 0.25) is 6.41 Å². The lowest BCUT2D eigenvalue weighted by Crippen LogP contribution is -2.40. The average molecular weight is 599 g/mol. The first-order chi connectivity index (χ1) is 20.8. The topological polar surface area (TPSA) is 101 Å². The number of hydrogen-bond donors (Lipinski definition) is 2. The van der Waals surface area contributed by atoms with Crippen molar-refractivity contribution in [1.29, 1.82) is 0 Å². The molecule has 0 bridgehead atoms. The maximum Gasteiger partial charge on any atom is 0.218 e. The van der Waals surface area contributed by atoms with Crippen LogP contribution in [0.15, 0.2) is 91.1 Å². The highest BCUT2D eigenvalue weighted by Gasteiger charge is 2.49. The first kappa shape index (κ1) is 30.8. The molecular formula is C34H42N4O4Si. The van der Waals surface area contributed by atoms with Gasteiger partial charge in [-0.1, -0.05) is 72.8 Å². The zero-order valence-electron chi connectivity index (χ0n) is 25.2. The molecule has 0 radical (unpaired) electrons. The Labute approximate surface area is 255 Å². The molecule has 0 saturated carbocycles. The van der Waals surface area contributed by atoms with Crippen LogP contribution in [-0.4, -0.2) is 58.4 Å². The summed E-state index contributed by atoms with van der Waals surface area (Å²) in [5.74, 6) is 0.0234. The Morgan fingerprint density at radius 3 is 2.23 bits per heavy atom. The number of carbonyl (C=O) groups is 1. The molecule has 3 aromatic carbocycles. The quantitative estimate of drug-likeness (QED) is 0.152. The van der Waals surface area contributed by atoms with Crippen LogP contribution in [0.3, 0.4) is 0 Å². The van der Waals surface area contributed by atoms with Crippen molar-refractivity contribution in [3.63, 3.8) is 0 Å². The lowest BCUT2D eigenvalue weighted by atomic mass is 9.95. The summed E-state index contributed by atoms with van der Waals surface area (Å²) in [6.45, 7) is 6.82. The first-order valence-corrected chi connectivity index (χ1v) is 18.1. The van der Waals surface area contributed by atoms with Crippen LogP contribution in [0.25, 0.3) is 0 Å². The predicted molar refractivity (Wildman–Crippen MR) is 171 cm³/mol. The minimum atomic E-state index is -2.50. The molecule has 5 atom stereocenters. The molecule has 1 aromatic heterocycles. The second kappa shape index (κ2) is 13.8. The first-order valence-electron chi connectivity index (χ1n) is 15.1. The fourth-order valence-electron chi connectivity index (χ4n) is 6.57. The van der Waals surface area contributed by atoms with Gasteiger partial charge < -0.3 is 14.6 Å². The zero-order chi connectivity index (χ0) is 30.4. The molecule has 4 aromatic rings. The van der Waals surface area contributed by atoms with Crippen LogP contribution in [0.4, 0.5) is 11.4 Å². The summed E-state index contributed by atoms with van der Waals surface area (Å²) < 4.78 is 8.48. The van der Waals surface area contributed by atoms with E-state index in [-0.39, 0.29) is 36.2 Å². The highest BCUT2D eigenvalue weighted by molar-refractivity contribution is 6.71. The molecular weight excluding hydrogens is 556 g/mol. The maximum absolute atomic E-state index is 11.8. The van der Waals surface area contributed by atoms with E-state index in [0.717, 1.165) is 48.3 Å². The molecule has 2 N–H and O–H groups in total. The minimum absolute atomic E-state index is 0.0366. The van der Waals surface area contributed by atoms with Crippen LogP contribution in [0.5, 0.6) is 0 Å². The van der Waals surface area contributed by atoms with Crippen LogP contribution in [0, 0.1) is 5.92 Å². The molecule has 0 aliphatic carbocycles. The number of rotatable bonds is 13. The third-order valence-corrected chi connectivity index (χ3v) is 11.3. The summed E-state index contributed by atoms with van der Waals surface area (Å²) in [5.41, 5.74) is 4.71. The second-order valence-corrected chi connectivity index (χ2v) is 16.1. The number of para-hydroxylation sites is 1. The van der Waals surface area contributed by atoms with Gasteiger partial charge in [-0.25, -0.2) is 0 Å². The Bertz CT molecular complexity index is 1440. The number of aromatic nitrogens is 3. The van der Waals surface area contributed by atoms with Crippen molar-refractivity contribution in [3.05, 3.63) is 108 Å². The van der Waals surface area contributed by atoms with E-state index in [1.54, 1.807) is 4.90 Å². The Morgan fingerprint density at radius 2 is 1.60 bits per heavy atom. The van der Waals surface area contributed by atoms with E-state index in [9.17, 15) is 14.7 Å². The highest BCUT2D eigenvalue weighted by Crippen LogP contribution is 2.45. The molecule has 226 valence electrons. The number of aliphatic hydroxyl groups is 1. The molecule has 1 fully saturated rings. The van der Waals surface area contributed by atoms with Crippen LogP contribution in [0.2, 0.25) is 18.6 Å². The van der Waals surface area contributed by atoms with Gasteiger partial charge in [-0.2, -0.15) is 0 Å². The van der Waals surface area contributed by atoms with E-state index < -0.39 is 8.32 Å². The van der Waals surface area contributed by atoms with Crippen LogP contribution < -0.4 is 4.90 Å². The van der Waals surface area contributed by atoms with Gasteiger partial charge >= 0.3 is 0 Å². The number of aliphatic hydroxyl groups excluding tert-OH is 1. The van der Waals surface area contributed by atoms with Gasteiger partial charge in [0.05, 0.1) is 30.4 Å². The van der Waals surface area contributed by atoms with Crippen molar-refractivity contribution in [1.82, 2.24) is 15.0 Å². The summed E-state index contributed by atoms with van der Waals surface area (Å²) in [6, 6.07) is 27.6. The van der Waals surface area contributed by atoms with Gasteiger partial charge in [0.1, 0.15) is 0 Å². The molecule has 1 aliphatic heterocycles. The lowest BCUT2D eigenvalue weighted by molar-refractivity contribution is -0.106. The molecule has 1 saturated heterocycles. The van der Waals surface area contributed by atoms with Crippen molar-refractivity contribution >= 4 is 26.1 Å².